The van der Waals surface area contributed by atoms with Crippen molar-refractivity contribution in [3.05, 3.63) is 89.4 Å². The normalized spacial score (nSPS) is 10.3. The number of benzene rings is 2. The van der Waals surface area contributed by atoms with Gasteiger partial charge in [0.15, 0.2) is 0 Å². The maximum Gasteiger partial charge on any atom is 0.255 e. The highest BCUT2D eigenvalue weighted by Gasteiger charge is 2.11. The van der Waals surface area contributed by atoms with Gasteiger partial charge >= 0.3 is 0 Å². The van der Waals surface area contributed by atoms with E-state index in [4.69, 9.17) is 10.5 Å². The Morgan fingerprint density at radius 3 is 2.61 bits per heavy atom. The number of rotatable bonds is 4. The van der Waals surface area contributed by atoms with E-state index in [1.807, 2.05) is 44.4 Å². The molecule has 2 heterocycles. The summed E-state index contributed by atoms with van der Waals surface area (Å²) in [5, 5.41) is 7.08. The fourth-order valence-electron chi connectivity index (χ4n) is 3.28. The highest BCUT2D eigenvalue weighted by atomic mass is 16.5. The summed E-state index contributed by atoms with van der Waals surface area (Å²) in [5.74, 6) is 6.93. The summed E-state index contributed by atoms with van der Waals surface area (Å²) in [6.07, 6.45) is 5.36. The second-order valence-electron chi connectivity index (χ2n) is 7.49. The van der Waals surface area contributed by atoms with Crippen LogP contribution in [0.15, 0.2) is 67.1 Å². The number of methoxy groups -OCH3 is 1. The Kier molecular flexibility index (Phi) is 6.09. The summed E-state index contributed by atoms with van der Waals surface area (Å²) in [4.78, 5) is 17.1. The SMILES string of the molecule is COc1ccccc1NC(=O)c1ccc(C)c(C#Cc2cc(-c3cnn(C)c3)cnc2N)c1. The first-order valence-electron chi connectivity index (χ1n) is 10.3. The summed E-state index contributed by atoms with van der Waals surface area (Å²) in [6.45, 7) is 1.94. The molecular formula is C26H23N5O2. The van der Waals surface area contributed by atoms with Crippen LogP contribution in [-0.4, -0.2) is 27.8 Å². The summed E-state index contributed by atoms with van der Waals surface area (Å²) in [5.41, 5.74) is 11.2. The molecule has 0 fully saturated rings. The van der Waals surface area contributed by atoms with Crippen LogP contribution in [0.25, 0.3) is 11.1 Å². The average Bonchev–Trinajstić information content (AvgIpc) is 3.26. The number of nitrogens with one attached hydrogen (secondary N) is 1. The zero-order valence-electron chi connectivity index (χ0n) is 18.6. The van der Waals surface area contributed by atoms with Gasteiger partial charge in [-0.25, -0.2) is 4.98 Å². The van der Waals surface area contributed by atoms with E-state index < -0.39 is 0 Å². The third-order valence-electron chi connectivity index (χ3n) is 5.14. The molecule has 0 radical (unpaired) electrons. The summed E-state index contributed by atoms with van der Waals surface area (Å²) >= 11 is 0. The molecule has 0 spiro atoms. The molecule has 7 heteroatoms. The lowest BCUT2D eigenvalue weighted by atomic mass is 10.0. The lowest BCUT2D eigenvalue weighted by Crippen LogP contribution is -2.13. The molecule has 3 N–H and O–H groups in total. The Labute approximate surface area is 192 Å². The monoisotopic (exact) mass is 437 g/mol. The van der Waals surface area contributed by atoms with Gasteiger partial charge in [-0.15, -0.1) is 0 Å². The Balaban J connectivity index is 1.62. The van der Waals surface area contributed by atoms with Gasteiger partial charge < -0.3 is 15.8 Å². The van der Waals surface area contributed by atoms with Crippen LogP contribution in [0.1, 0.15) is 27.0 Å². The second kappa shape index (κ2) is 9.28. The number of aryl methyl sites for hydroxylation is 2. The smallest absolute Gasteiger partial charge is 0.255 e. The Morgan fingerprint density at radius 1 is 1.06 bits per heavy atom. The predicted molar refractivity (Wildman–Crippen MR) is 129 cm³/mol. The molecule has 2 aromatic heterocycles. The van der Waals surface area contributed by atoms with E-state index in [9.17, 15) is 4.79 Å². The first kappa shape index (κ1) is 21.7. The molecule has 0 aliphatic rings. The molecule has 164 valence electrons. The fourth-order valence-corrected chi connectivity index (χ4v) is 3.28. The fraction of sp³-hybridized carbons (Fsp3) is 0.115. The number of nitrogen functional groups attached to an aromatic ring is 1. The summed E-state index contributed by atoms with van der Waals surface area (Å²) < 4.78 is 7.03. The van der Waals surface area contributed by atoms with Crippen LogP contribution in [0, 0.1) is 18.8 Å². The molecule has 2 aromatic carbocycles. The highest BCUT2D eigenvalue weighted by molar-refractivity contribution is 6.05. The van der Waals surface area contributed by atoms with E-state index in [-0.39, 0.29) is 5.91 Å². The van der Waals surface area contributed by atoms with Gasteiger partial charge in [-0.05, 0) is 42.8 Å². The number of nitrogens with two attached hydrogens (primary N) is 1. The van der Waals surface area contributed by atoms with Crippen molar-refractivity contribution >= 4 is 17.4 Å². The van der Waals surface area contributed by atoms with Crippen molar-refractivity contribution in [2.75, 3.05) is 18.2 Å². The van der Waals surface area contributed by atoms with Crippen molar-refractivity contribution in [3.8, 4) is 28.7 Å². The number of hydrogen-bond acceptors (Lipinski definition) is 5. The maximum absolute atomic E-state index is 12.8. The largest absolute Gasteiger partial charge is 0.495 e. The quantitative estimate of drug-likeness (QED) is 0.470. The number of aromatic nitrogens is 3. The number of carbonyl (C=O) groups excluding carboxylic acids is 1. The third-order valence-corrected chi connectivity index (χ3v) is 5.14. The molecule has 4 rings (SSSR count). The minimum absolute atomic E-state index is 0.248. The van der Waals surface area contributed by atoms with E-state index in [0.717, 1.165) is 22.3 Å². The van der Waals surface area contributed by atoms with Gasteiger partial charge in [-0.2, -0.15) is 5.10 Å². The molecule has 7 nitrogen and oxygen atoms in total. The third kappa shape index (κ3) is 4.86. The Hall–Kier alpha value is -4.57. The number of pyridine rings is 1. The van der Waals surface area contributed by atoms with Gasteiger partial charge in [0.05, 0.1) is 24.6 Å². The average molecular weight is 438 g/mol. The number of nitrogens with zero attached hydrogens (tertiary/aromatic N) is 3. The number of para-hydroxylation sites is 2. The van der Waals surface area contributed by atoms with E-state index in [1.165, 1.54) is 0 Å². The van der Waals surface area contributed by atoms with Crippen LogP contribution < -0.4 is 15.8 Å². The zero-order valence-corrected chi connectivity index (χ0v) is 18.6. The zero-order chi connectivity index (χ0) is 23.4. The highest BCUT2D eigenvalue weighted by Crippen LogP contribution is 2.24. The summed E-state index contributed by atoms with van der Waals surface area (Å²) in [6, 6.07) is 14.6. The van der Waals surface area contributed by atoms with E-state index in [0.29, 0.717) is 28.4 Å². The van der Waals surface area contributed by atoms with E-state index >= 15 is 0 Å². The van der Waals surface area contributed by atoms with Gasteiger partial charge in [-0.3, -0.25) is 9.48 Å². The molecule has 0 aliphatic carbocycles. The van der Waals surface area contributed by atoms with Gasteiger partial charge in [0.1, 0.15) is 11.6 Å². The lowest BCUT2D eigenvalue weighted by molar-refractivity contribution is 0.102. The van der Waals surface area contributed by atoms with Gasteiger partial charge in [-0.1, -0.05) is 30.0 Å². The maximum atomic E-state index is 12.8. The van der Waals surface area contributed by atoms with Gasteiger partial charge in [0.2, 0.25) is 0 Å². The molecule has 0 unspecified atom stereocenters. The van der Waals surface area contributed by atoms with Crippen LogP contribution >= 0.6 is 0 Å². The second-order valence-corrected chi connectivity index (χ2v) is 7.49. The topological polar surface area (TPSA) is 95.1 Å². The summed E-state index contributed by atoms with van der Waals surface area (Å²) in [7, 11) is 3.42. The molecule has 0 saturated heterocycles. The number of anilines is 2. The van der Waals surface area contributed by atoms with E-state index in [1.54, 1.807) is 48.5 Å². The predicted octanol–water partition coefficient (Wildman–Crippen LogP) is 4.03. The van der Waals surface area contributed by atoms with Crippen molar-refractivity contribution in [1.82, 2.24) is 14.8 Å². The molecule has 0 saturated carbocycles. The van der Waals surface area contributed by atoms with E-state index in [2.05, 4.69) is 27.2 Å². The Morgan fingerprint density at radius 2 is 1.85 bits per heavy atom. The molecule has 1 amide bonds. The van der Waals surface area contributed by atoms with Crippen LogP contribution in [0.4, 0.5) is 11.5 Å². The first-order valence-corrected chi connectivity index (χ1v) is 10.3. The first-order chi connectivity index (χ1) is 15.9. The van der Waals surface area contributed by atoms with Crippen molar-refractivity contribution in [2.45, 2.75) is 6.92 Å². The minimum atomic E-state index is -0.248. The van der Waals surface area contributed by atoms with Crippen LogP contribution in [0.3, 0.4) is 0 Å². The number of ether oxygens (including phenoxy) is 1. The Bertz CT molecular complexity index is 1400. The van der Waals surface area contributed by atoms with Crippen molar-refractivity contribution < 1.29 is 9.53 Å². The molecule has 33 heavy (non-hydrogen) atoms. The number of amides is 1. The van der Waals surface area contributed by atoms with Gasteiger partial charge in [0.25, 0.3) is 5.91 Å². The molecular weight excluding hydrogens is 414 g/mol. The van der Waals surface area contributed by atoms with Crippen LogP contribution in [-0.2, 0) is 7.05 Å². The number of carbonyl (C=O) groups is 1. The number of hydrogen-bond donors (Lipinski definition) is 2. The molecule has 0 aliphatic heterocycles. The minimum Gasteiger partial charge on any atom is -0.495 e. The van der Waals surface area contributed by atoms with Crippen molar-refractivity contribution in [3.63, 3.8) is 0 Å². The van der Waals surface area contributed by atoms with Crippen molar-refractivity contribution in [2.24, 2.45) is 7.05 Å². The molecule has 4 aromatic rings. The molecule has 0 atom stereocenters. The standard InChI is InChI=1S/C26H23N5O2/c1-17-8-9-20(26(32)30-23-6-4-5-7-24(23)33-3)12-18(17)10-11-19-13-21(14-28-25(19)27)22-15-29-31(2)16-22/h4-9,12-16H,1-3H3,(H2,27,28)(H,30,32). The van der Waals surface area contributed by atoms with Crippen LogP contribution in [0.5, 0.6) is 5.75 Å². The van der Waals surface area contributed by atoms with Crippen LogP contribution in [0.2, 0.25) is 0 Å². The van der Waals surface area contributed by atoms with Gasteiger partial charge in [0, 0.05) is 41.7 Å². The van der Waals surface area contributed by atoms with Crippen molar-refractivity contribution in [1.29, 1.82) is 0 Å². The molecule has 0 bridgehead atoms. The lowest BCUT2D eigenvalue weighted by Gasteiger charge is -2.10.